The van der Waals surface area contributed by atoms with Gasteiger partial charge in [-0.05, 0) is 68.7 Å². The van der Waals surface area contributed by atoms with E-state index in [1.54, 1.807) is 12.1 Å². The van der Waals surface area contributed by atoms with Gasteiger partial charge in [0, 0.05) is 11.6 Å². The molecule has 0 saturated carbocycles. The molecule has 4 nitrogen and oxygen atoms in total. The molecule has 2 aromatic carbocycles. The van der Waals surface area contributed by atoms with Gasteiger partial charge in [0.25, 0.3) is 0 Å². The lowest BCUT2D eigenvalue weighted by molar-refractivity contribution is 0.242. The minimum atomic E-state index is -3.49. The monoisotopic (exact) mass is 367 g/mol. The fraction of sp³-hybridized carbons (Fsp3) is 0.333. The Labute approximate surface area is 148 Å². The molecular weight excluding hydrogens is 346 g/mol. The summed E-state index contributed by atoms with van der Waals surface area (Å²) in [5, 5.41) is 0.512. The maximum atomic E-state index is 12.2. The third kappa shape index (κ3) is 5.82. The van der Waals surface area contributed by atoms with Crippen molar-refractivity contribution in [3.8, 4) is 5.75 Å². The molecule has 0 atom stereocenters. The quantitative estimate of drug-likeness (QED) is 0.716. The van der Waals surface area contributed by atoms with Crippen LogP contribution in [0.2, 0.25) is 5.02 Å². The predicted molar refractivity (Wildman–Crippen MR) is 97.2 cm³/mol. The summed E-state index contributed by atoms with van der Waals surface area (Å²) >= 11 is 5.78. The van der Waals surface area contributed by atoms with Gasteiger partial charge in [-0.15, -0.1) is 0 Å². The van der Waals surface area contributed by atoms with Crippen molar-refractivity contribution >= 4 is 21.6 Å². The third-order valence-electron chi connectivity index (χ3n) is 3.33. The van der Waals surface area contributed by atoms with Crippen LogP contribution in [0.5, 0.6) is 5.75 Å². The topological polar surface area (TPSA) is 55.4 Å². The highest BCUT2D eigenvalue weighted by Gasteiger charge is 2.12. The number of rotatable bonds is 8. The number of sulfonamides is 1. The SMILES string of the molecule is CC(C)Oc1cccc(CCCNS(=O)(=O)c2ccc(Cl)cc2)c1. The molecule has 0 spiro atoms. The van der Waals surface area contributed by atoms with E-state index in [0.717, 1.165) is 17.7 Å². The number of nitrogens with one attached hydrogen (secondary N) is 1. The largest absolute Gasteiger partial charge is 0.491 e. The van der Waals surface area contributed by atoms with Gasteiger partial charge in [-0.3, -0.25) is 0 Å². The molecule has 0 radical (unpaired) electrons. The second-order valence-electron chi connectivity index (χ2n) is 5.77. The highest BCUT2D eigenvalue weighted by atomic mass is 35.5. The summed E-state index contributed by atoms with van der Waals surface area (Å²) in [6.45, 7) is 4.34. The van der Waals surface area contributed by atoms with Crippen molar-refractivity contribution in [1.82, 2.24) is 4.72 Å². The Balaban J connectivity index is 1.85. The number of halogens is 1. The summed E-state index contributed by atoms with van der Waals surface area (Å²) in [6.07, 6.45) is 1.61. The van der Waals surface area contributed by atoms with Crippen LogP contribution in [0.3, 0.4) is 0 Å². The Morgan fingerprint density at radius 1 is 1.12 bits per heavy atom. The molecule has 0 aliphatic rings. The van der Waals surface area contributed by atoms with Crippen molar-refractivity contribution in [2.45, 2.75) is 37.7 Å². The molecule has 0 aliphatic heterocycles. The molecule has 0 aromatic heterocycles. The van der Waals surface area contributed by atoms with E-state index in [2.05, 4.69) is 4.72 Å². The number of aryl methyl sites for hydroxylation is 1. The van der Waals surface area contributed by atoms with Crippen LogP contribution < -0.4 is 9.46 Å². The molecule has 2 rings (SSSR count). The summed E-state index contributed by atoms with van der Waals surface area (Å²) in [6, 6.07) is 14.0. The van der Waals surface area contributed by atoms with E-state index in [-0.39, 0.29) is 11.0 Å². The third-order valence-corrected chi connectivity index (χ3v) is 5.06. The minimum absolute atomic E-state index is 0.131. The number of hydrogen-bond donors (Lipinski definition) is 1. The van der Waals surface area contributed by atoms with E-state index >= 15 is 0 Å². The summed E-state index contributed by atoms with van der Waals surface area (Å²) in [5.74, 6) is 0.837. The average Bonchev–Trinajstić information content (AvgIpc) is 2.52. The van der Waals surface area contributed by atoms with Crippen molar-refractivity contribution < 1.29 is 13.2 Å². The first kappa shape index (κ1) is 18.8. The van der Waals surface area contributed by atoms with Crippen LogP contribution in [0.1, 0.15) is 25.8 Å². The van der Waals surface area contributed by atoms with E-state index in [1.165, 1.54) is 12.1 Å². The molecule has 0 heterocycles. The van der Waals surface area contributed by atoms with Crippen LogP contribution in [0, 0.1) is 0 Å². The number of benzene rings is 2. The van der Waals surface area contributed by atoms with Gasteiger partial charge in [-0.1, -0.05) is 23.7 Å². The highest BCUT2D eigenvalue weighted by molar-refractivity contribution is 7.89. The molecular formula is C18H22ClNO3S. The van der Waals surface area contributed by atoms with Gasteiger partial charge in [0.15, 0.2) is 0 Å². The molecule has 0 aliphatic carbocycles. The summed E-state index contributed by atoms with van der Waals surface area (Å²) in [4.78, 5) is 0.222. The second kappa shape index (κ2) is 8.51. The van der Waals surface area contributed by atoms with E-state index in [1.807, 2.05) is 38.1 Å². The Kier molecular flexibility index (Phi) is 6.66. The van der Waals surface area contributed by atoms with Crippen LogP contribution in [0.25, 0.3) is 0 Å². The van der Waals surface area contributed by atoms with Crippen molar-refractivity contribution in [3.63, 3.8) is 0 Å². The summed E-state index contributed by atoms with van der Waals surface area (Å²) in [5.41, 5.74) is 1.12. The molecule has 0 amide bonds. The second-order valence-corrected chi connectivity index (χ2v) is 7.97. The Bertz CT molecular complexity index is 758. The van der Waals surface area contributed by atoms with Crippen LogP contribution in [0.4, 0.5) is 0 Å². The molecule has 130 valence electrons. The lowest BCUT2D eigenvalue weighted by atomic mass is 10.1. The van der Waals surface area contributed by atoms with Crippen molar-refractivity contribution in [2.24, 2.45) is 0 Å². The van der Waals surface area contributed by atoms with Crippen LogP contribution in [-0.2, 0) is 16.4 Å². The molecule has 24 heavy (non-hydrogen) atoms. The van der Waals surface area contributed by atoms with Gasteiger partial charge in [-0.2, -0.15) is 0 Å². The maximum absolute atomic E-state index is 12.2. The van der Waals surface area contributed by atoms with Crippen LogP contribution in [-0.4, -0.2) is 21.1 Å². The van der Waals surface area contributed by atoms with E-state index < -0.39 is 10.0 Å². The minimum Gasteiger partial charge on any atom is -0.491 e. The standard InChI is InChI=1S/C18H22ClNO3S/c1-14(2)23-17-7-3-5-15(13-17)6-4-12-20-24(21,22)18-10-8-16(19)9-11-18/h3,5,7-11,13-14,20H,4,6,12H2,1-2H3. The van der Waals surface area contributed by atoms with Gasteiger partial charge in [-0.25, -0.2) is 13.1 Å². The van der Waals surface area contributed by atoms with Gasteiger partial charge >= 0.3 is 0 Å². The smallest absolute Gasteiger partial charge is 0.240 e. The van der Waals surface area contributed by atoms with Gasteiger partial charge < -0.3 is 4.74 Å². The zero-order valence-corrected chi connectivity index (χ0v) is 15.4. The summed E-state index contributed by atoms with van der Waals surface area (Å²) < 4.78 is 32.6. The Morgan fingerprint density at radius 3 is 2.50 bits per heavy atom. The van der Waals surface area contributed by atoms with Crippen LogP contribution >= 0.6 is 11.6 Å². The van der Waals surface area contributed by atoms with Crippen molar-refractivity contribution in [2.75, 3.05) is 6.54 Å². The zero-order chi connectivity index (χ0) is 17.6. The number of ether oxygens (including phenoxy) is 1. The van der Waals surface area contributed by atoms with Crippen LogP contribution in [0.15, 0.2) is 53.4 Å². The van der Waals surface area contributed by atoms with Crippen molar-refractivity contribution in [3.05, 3.63) is 59.1 Å². The van der Waals surface area contributed by atoms with Gasteiger partial charge in [0.2, 0.25) is 10.0 Å². The predicted octanol–water partition coefficient (Wildman–Crippen LogP) is 4.04. The lowest BCUT2D eigenvalue weighted by Gasteiger charge is -2.11. The first-order valence-electron chi connectivity index (χ1n) is 7.87. The molecule has 2 aromatic rings. The molecule has 0 unspecified atom stereocenters. The normalized spacial score (nSPS) is 11.7. The lowest BCUT2D eigenvalue weighted by Crippen LogP contribution is -2.25. The van der Waals surface area contributed by atoms with Gasteiger partial charge in [0.05, 0.1) is 11.0 Å². The first-order valence-corrected chi connectivity index (χ1v) is 9.74. The number of hydrogen-bond acceptors (Lipinski definition) is 3. The van der Waals surface area contributed by atoms with E-state index in [9.17, 15) is 8.42 Å². The Morgan fingerprint density at radius 2 is 1.83 bits per heavy atom. The molecule has 1 N–H and O–H groups in total. The fourth-order valence-electron chi connectivity index (χ4n) is 2.24. The maximum Gasteiger partial charge on any atom is 0.240 e. The molecule has 0 saturated heterocycles. The van der Waals surface area contributed by atoms with E-state index in [4.69, 9.17) is 16.3 Å². The summed E-state index contributed by atoms with van der Waals surface area (Å²) in [7, 11) is -3.49. The average molecular weight is 368 g/mol. The molecule has 0 bridgehead atoms. The van der Waals surface area contributed by atoms with E-state index in [0.29, 0.717) is 18.0 Å². The fourth-order valence-corrected chi connectivity index (χ4v) is 3.44. The van der Waals surface area contributed by atoms with Crippen molar-refractivity contribution in [1.29, 1.82) is 0 Å². The zero-order valence-electron chi connectivity index (χ0n) is 13.8. The highest BCUT2D eigenvalue weighted by Crippen LogP contribution is 2.16. The van der Waals surface area contributed by atoms with Gasteiger partial charge in [0.1, 0.15) is 5.75 Å². The first-order chi connectivity index (χ1) is 11.4. The molecule has 6 heteroatoms. The molecule has 0 fully saturated rings. The Hall–Kier alpha value is -1.56.